The predicted octanol–water partition coefficient (Wildman–Crippen LogP) is 3.90. The lowest BCUT2D eigenvalue weighted by molar-refractivity contribution is 0.410. The minimum Gasteiger partial charge on any atom is -0.496 e. The van der Waals surface area contributed by atoms with Crippen LogP contribution in [-0.2, 0) is 6.54 Å². The van der Waals surface area contributed by atoms with Crippen LogP contribution < -0.4 is 10.1 Å². The molecule has 0 aliphatic carbocycles. The van der Waals surface area contributed by atoms with Crippen LogP contribution in [0.4, 0.5) is 5.69 Å². The van der Waals surface area contributed by atoms with Gasteiger partial charge in [0.2, 0.25) is 0 Å². The van der Waals surface area contributed by atoms with Gasteiger partial charge in [0.1, 0.15) is 5.75 Å². The van der Waals surface area contributed by atoms with E-state index in [-0.39, 0.29) is 0 Å². The van der Waals surface area contributed by atoms with Crippen molar-refractivity contribution in [1.82, 2.24) is 4.98 Å². The molecular formula is C17H17N2O. The molecule has 0 fully saturated rings. The third kappa shape index (κ3) is 2.48. The summed E-state index contributed by atoms with van der Waals surface area (Å²) in [6.45, 7) is 2.80. The van der Waals surface area contributed by atoms with Gasteiger partial charge in [-0.1, -0.05) is 12.1 Å². The summed E-state index contributed by atoms with van der Waals surface area (Å²) in [4.78, 5) is 3.07. The highest BCUT2D eigenvalue weighted by atomic mass is 16.5. The number of benzene rings is 2. The predicted molar refractivity (Wildman–Crippen MR) is 82.2 cm³/mol. The van der Waals surface area contributed by atoms with E-state index in [1.54, 1.807) is 7.11 Å². The van der Waals surface area contributed by atoms with Gasteiger partial charge < -0.3 is 15.0 Å². The molecule has 0 aliphatic rings. The van der Waals surface area contributed by atoms with Crippen LogP contribution in [0, 0.1) is 13.1 Å². The number of aromatic nitrogens is 1. The number of rotatable bonds is 4. The summed E-state index contributed by atoms with van der Waals surface area (Å²) >= 11 is 0. The van der Waals surface area contributed by atoms with Crippen molar-refractivity contribution in [3.05, 3.63) is 59.8 Å². The van der Waals surface area contributed by atoms with Crippen molar-refractivity contribution in [3.8, 4) is 5.75 Å². The van der Waals surface area contributed by atoms with Gasteiger partial charge >= 0.3 is 0 Å². The molecule has 101 valence electrons. The van der Waals surface area contributed by atoms with Gasteiger partial charge in [-0.05, 0) is 42.8 Å². The lowest BCUT2D eigenvalue weighted by Crippen LogP contribution is -2.01. The number of H-pyrrole nitrogens is 1. The SMILES string of the molecule is COc1cc(C)ccc1CNc1ccc2[nH][c]cc2c1. The molecule has 2 aromatic carbocycles. The van der Waals surface area contributed by atoms with Gasteiger partial charge in [-0.3, -0.25) is 0 Å². The average Bonchev–Trinajstić information content (AvgIpc) is 2.93. The van der Waals surface area contributed by atoms with Crippen LogP contribution in [0.2, 0.25) is 0 Å². The second-order valence-electron chi connectivity index (χ2n) is 4.88. The largest absolute Gasteiger partial charge is 0.496 e. The quantitative estimate of drug-likeness (QED) is 0.750. The van der Waals surface area contributed by atoms with Crippen LogP contribution in [0.15, 0.2) is 42.5 Å². The fourth-order valence-electron chi connectivity index (χ4n) is 2.29. The Morgan fingerprint density at radius 3 is 2.95 bits per heavy atom. The fraction of sp³-hybridized carbons (Fsp3) is 0.176. The molecule has 0 unspecified atom stereocenters. The van der Waals surface area contributed by atoms with Crippen molar-refractivity contribution in [2.45, 2.75) is 13.5 Å². The first-order valence-electron chi connectivity index (χ1n) is 6.62. The molecule has 0 saturated heterocycles. The van der Waals surface area contributed by atoms with Gasteiger partial charge in [0.05, 0.1) is 13.3 Å². The molecular weight excluding hydrogens is 248 g/mol. The van der Waals surface area contributed by atoms with Crippen LogP contribution in [-0.4, -0.2) is 12.1 Å². The van der Waals surface area contributed by atoms with Crippen LogP contribution in [0.3, 0.4) is 0 Å². The third-order valence-corrected chi connectivity index (χ3v) is 3.41. The molecule has 3 nitrogen and oxygen atoms in total. The number of aryl methyl sites for hydroxylation is 1. The fourth-order valence-corrected chi connectivity index (χ4v) is 2.29. The van der Waals surface area contributed by atoms with Gasteiger partial charge in [0.15, 0.2) is 0 Å². The Balaban J connectivity index is 1.78. The van der Waals surface area contributed by atoms with E-state index in [4.69, 9.17) is 4.74 Å². The van der Waals surface area contributed by atoms with Crippen molar-refractivity contribution in [2.75, 3.05) is 12.4 Å². The highest BCUT2D eigenvalue weighted by molar-refractivity contribution is 5.82. The summed E-state index contributed by atoms with van der Waals surface area (Å²) in [5.74, 6) is 0.925. The molecule has 1 heterocycles. The number of ether oxygens (including phenoxy) is 1. The first-order valence-corrected chi connectivity index (χ1v) is 6.62. The Bertz CT molecular complexity index is 731. The summed E-state index contributed by atoms with van der Waals surface area (Å²) < 4.78 is 5.42. The highest BCUT2D eigenvalue weighted by Gasteiger charge is 2.03. The molecule has 0 bridgehead atoms. The van der Waals surface area contributed by atoms with Crippen molar-refractivity contribution < 1.29 is 4.74 Å². The molecule has 0 spiro atoms. The summed E-state index contributed by atoms with van der Waals surface area (Å²) in [5.41, 5.74) is 4.55. The second kappa shape index (κ2) is 5.29. The molecule has 20 heavy (non-hydrogen) atoms. The van der Waals surface area contributed by atoms with Gasteiger partial charge in [-0.2, -0.15) is 0 Å². The summed E-state index contributed by atoms with van der Waals surface area (Å²) in [5, 5.41) is 4.59. The number of nitrogens with one attached hydrogen (secondary N) is 2. The van der Waals surface area contributed by atoms with E-state index in [2.05, 4.69) is 59.8 Å². The number of fused-ring (bicyclic) bond motifs is 1. The molecule has 0 aliphatic heterocycles. The van der Waals surface area contributed by atoms with Crippen molar-refractivity contribution in [3.63, 3.8) is 0 Å². The van der Waals surface area contributed by atoms with E-state index in [9.17, 15) is 0 Å². The standard InChI is InChI=1S/C17H17N2O/c1-12-3-4-14(17(9-12)20-2)11-19-15-5-6-16-13(10-15)7-8-18-16/h3-7,9-10,18-19H,11H2,1-2H3. The molecule has 0 saturated carbocycles. The maximum absolute atomic E-state index is 5.42. The summed E-state index contributed by atoms with van der Waals surface area (Å²) in [6.07, 6.45) is 2.99. The zero-order valence-corrected chi connectivity index (χ0v) is 11.7. The zero-order valence-electron chi connectivity index (χ0n) is 11.7. The lowest BCUT2D eigenvalue weighted by Gasteiger charge is -2.11. The van der Waals surface area contributed by atoms with Gasteiger partial charge in [0.25, 0.3) is 0 Å². The van der Waals surface area contributed by atoms with E-state index < -0.39 is 0 Å². The molecule has 0 atom stereocenters. The first-order chi connectivity index (χ1) is 9.76. The van der Waals surface area contributed by atoms with Gasteiger partial charge in [-0.25, -0.2) is 0 Å². The van der Waals surface area contributed by atoms with E-state index in [1.165, 1.54) is 5.56 Å². The summed E-state index contributed by atoms with van der Waals surface area (Å²) in [6, 6.07) is 14.4. The van der Waals surface area contributed by atoms with E-state index in [1.807, 2.05) is 6.07 Å². The smallest absolute Gasteiger partial charge is 0.124 e. The first kappa shape index (κ1) is 12.6. The van der Waals surface area contributed by atoms with Crippen molar-refractivity contribution >= 4 is 16.6 Å². The summed E-state index contributed by atoms with van der Waals surface area (Å²) in [7, 11) is 1.71. The molecule has 0 amide bonds. The number of hydrogen-bond donors (Lipinski definition) is 2. The third-order valence-electron chi connectivity index (χ3n) is 3.41. The Morgan fingerprint density at radius 2 is 2.10 bits per heavy atom. The maximum Gasteiger partial charge on any atom is 0.124 e. The molecule has 3 rings (SSSR count). The normalized spacial score (nSPS) is 10.7. The number of anilines is 1. The van der Waals surface area contributed by atoms with E-state index in [0.29, 0.717) is 0 Å². The molecule has 3 aromatic rings. The minimum absolute atomic E-state index is 0.739. The number of aromatic amines is 1. The van der Waals surface area contributed by atoms with Crippen LogP contribution in [0.5, 0.6) is 5.75 Å². The molecule has 2 N–H and O–H groups in total. The zero-order chi connectivity index (χ0) is 13.9. The molecule has 1 aromatic heterocycles. The van der Waals surface area contributed by atoms with Crippen molar-refractivity contribution in [1.29, 1.82) is 0 Å². The lowest BCUT2D eigenvalue weighted by atomic mass is 10.1. The van der Waals surface area contributed by atoms with Gasteiger partial charge in [0, 0.05) is 28.7 Å². The van der Waals surface area contributed by atoms with Gasteiger partial charge in [-0.15, -0.1) is 0 Å². The molecule has 1 radical (unpaired) electrons. The van der Waals surface area contributed by atoms with Crippen LogP contribution in [0.25, 0.3) is 10.9 Å². The van der Waals surface area contributed by atoms with Crippen molar-refractivity contribution in [2.24, 2.45) is 0 Å². The molecule has 3 heteroatoms. The Hall–Kier alpha value is -2.42. The van der Waals surface area contributed by atoms with Crippen LogP contribution in [0.1, 0.15) is 11.1 Å². The number of methoxy groups -OCH3 is 1. The average molecular weight is 265 g/mol. The Labute approximate surface area is 118 Å². The Morgan fingerprint density at radius 1 is 1.20 bits per heavy atom. The van der Waals surface area contributed by atoms with E-state index in [0.717, 1.165) is 34.4 Å². The number of hydrogen-bond acceptors (Lipinski definition) is 2. The highest BCUT2D eigenvalue weighted by Crippen LogP contribution is 2.22. The maximum atomic E-state index is 5.42. The topological polar surface area (TPSA) is 37.0 Å². The second-order valence-corrected chi connectivity index (χ2v) is 4.88. The van der Waals surface area contributed by atoms with E-state index >= 15 is 0 Å². The Kier molecular flexibility index (Phi) is 3.33. The monoisotopic (exact) mass is 265 g/mol. The minimum atomic E-state index is 0.739. The van der Waals surface area contributed by atoms with Crippen LogP contribution >= 0.6 is 0 Å².